The van der Waals surface area contributed by atoms with Crippen molar-refractivity contribution in [1.29, 1.82) is 5.41 Å². The number of hydrogen-bond acceptors (Lipinski definition) is 3. The molecule has 0 heterocycles. The first-order chi connectivity index (χ1) is 8.44. The summed E-state index contributed by atoms with van der Waals surface area (Å²) < 4.78 is 27.8. The van der Waals surface area contributed by atoms with E-state index in [1.165, 1.54) is 0 Å². The summed E-state index contributed by atoms with van der Waals surface area (Å²) in [5.74, 6) is -0.0381. The van der Waals surface area contributed by atoms with E-state index in [4.69, 9.17) is 11.1 Å². The van der Waals surface area contributed by atoms with Gasteiger partial charge in [0.25, 0.3) is 10.2 Å². The molecule has 0 amide bonds. The highest BCUT2D eigenvalue weighted by molar-refractivity contribution is 7.87. The van der Waals surface area contributed by atoms with Gasteiger partial charge in [0.05, 0.1) is 0 Å². The smallest absolute Gasteiger partial charge is 0.277 e. The summed E-state index contributed by atoms with van der Waals surface area (Å²) in [6.07, 6.45) is 0.737. The Morgan fingerprint density at radius 3 is 2.72 bits per heavy atom. The standard InChI is InChI=1S/C11H18N4O2S/c1-2-6-14-18(16,17)15-8-9-4-3-5-10(7-9)11(12)13/h3-5,7,14-15H,2,6,8H2,1H3,(H3,12,13). The van der Waals surface area contributed by atoms with Crippen molar-refractivity contribution < 1.29 is 8.42 Å². The lowest BCUT2D eigenvalue weighted by molar-refractivity contribution is 0.565. The molecule has 0 aliphatic rings. The van der Waals surface area contributed by atoms with Crippen LogP contribution < -0.4 is 15.2 Å². The summed E-state index contributed by atoms with van der Waals surface area (Å²) in [5.41, 5.74) is 6.69. The molecule has 0 saturated carbocycles. The normalized spacial score (nSPS) is 11.4. The van der Waals surface area contributed by atoms with Gasteiger partial charge >= 0.3 is 0 Å². The van der Waals surface area contributed by atoms with Gasteiger partial charge in [-0.15, -0.1) is 0 Å². The van der Waals surface area contributed by atoms with Crippen LogP contribution in [0.4, 0.5) is 0 Å². The average Bonchev–Trinajstić information content (AvgIpc) is 2.34. The van der Waals surface area contributed by atoms with Crippen LogP contribution in [0.15, 0.2) is 24.3 Å². The largest absolute Gasteiger partial charge is 0.384 e. The molecular weight excluding hydrogens is 252 g/mol. The van der Waals surface area contributed by atoms with Gasteiger partial charge in [0.15, 0.2) is 0 Å². The Balaban J connectivity index is 2.63. The topological polar surface area (TPSA) is 108 Å². The van der Waals surface area contributed by atoms with Crippen molar-refractivity contribution in [1.82, 2.24) is 9.44 Å². The Morgan fingerprint density at radius 2 is 2.11 bits per heavy atom. The Bertz CT molecular complexity index is 514. The number of benzene rings is 1. The molecule has 5 N–H and O–H groups in total. The van der Waals surface area contributed by atoms with E-state index in [0.29, 0.717) is 12.1 Å². The van der Waals surface area contributed by atoms with Gasteiger partial charge in [0, 0.05) is 18.7 Å². The first-order valence-corrected chi connectivity index (χ1v) is 7.10. The first kappa shape index (κ1) is 14.6. The summed E-state index contributed by atoms with van der Waals surface area (Å²) in [4.78, 5) is 0. The summed E-state index contributed by atoms with van der Waals surface area (Å²) >= 11 is 0. The molecule has 6 nitrogen and oxygen atoms in total. The van der Waals surface area contributed by atoms with Crippen molar-refractivity contribution in [3.05, 3.63) is 35.4 Å². The Hall–Kier alpha value is -1.44. The number of hydrogen-bond donors (Lipinski definition) is 4. The third-order valence-electron chi connectivity index (χ3n) is 2.25. The van der Waals surface area contributed by atoms with Crippen molar-refractivity contribution in [3.63, 3.8) is 0 Å². The van der Waals surface area contributed by atoms with E-state index in [1.807, 2.05) is 6.92 Å². The summed E-state index contributed by atoms with van der Waals surface area (Å²) in [7, 11) is -3.46. The lowest BCUT2D eigenvalue weighted by Crippen LogP contribution is -2.36. The highest BCUT2D eigenvalue weighted by Crippen LogP contribution is 2.04. The van der Waals surface area contributed by atoms with Crippen LogP contribution in [0.25, 0.3) is 0 Å². The van der Waals surface area contributed by atoms with Crippen molar-refractivity contribution in [3.8, 4) is 0 Å². The van der Waals surface area contributed by atoms with Crippen LogP contribution in [0.5, 0.6) is 0 Å². The molecule has 0 aromatic heterocycles. The van der Waals surface area contributed by atoms with Crippen LogP contribution in [-0.4, -0.2) is 20.8 Å². The quantitative estimate of drug-likeness (QED) is 0.423. The SMILES string of the molecule is CCCNS(=O)(=O)NCc1cccc(C(=N)N)c1. The average molecular weight is 270 g/mol. The number of nitrogens with two attached hydrogens (primary N) is 1. The number of nitrogens with one attached hydrogen (secondary N) is 3. The van der Waals surface area contributed by atoms with Crippen LogP contribution in [-0.2, 0) is 16.8 Å². The highest BCUT2D eigenvalue weighted by atomic mass is 32.2. The molecule has 0 aliphatic carbocycles. The maximum atomic E-state index is 11.5. The van der Waals surface area contributed by atoms with Crippen LogP contribution in [0.1, 0.15) is 24.5 Å². The third-order valence-corrected chi connectivity index (χ3v) is 3.35. The fraction of sp³-hybridized carbons (Fsp3) is 0.364. The van der Waals surface area contributed by atoms with E-state index in [9.17, 15) is 8.42 Å². The molecule has 0 radical (unpaired) electrons. The second kappa shape index (κ2) is 6.48. The van der Waals surface area contributed by atoms with Crippen LogP contribution in [0, 0.1) is 5.41 Å². The molecule has 1 aromatic carbocycles. The van der Waals surface area contributed by atoms with Crippen molar-refractivity contribution in [2.75, 3.05) is 6.54 Å². The summed E-state index contributed by atoms with van der Waals surface area (Å²) in [6.45, 7) is 2.46. The van der Waals surface area contributed by atoms with Crippen molar-refractivity contribution in [2.45, 2.75) is 19.9 Å². The van der Waals surface area contributed by atoms with E-state index in [2.05, 4.69) is 9.44 Å². The van der Waals surface area contributed by atoms with Crippen molar-refractivity contribution >= 4 is 16.0 Å². The Morgan fingerprint density at radius 1 is 1.39 bits per heavy atom. The molecule has 1 aromatic rings. The van der Waals surface area contributed by atoms with Gasteiger partial charge in [-0.3, -0.25) is 5.41 Å². The molecule has 0 aliphatic heterocycles. The van der Waals surface area contributed by atoms with E-state index in [-0.39, 0.29) is 12.4 Å². The predicted molar refractivity (Wildman–Crippen MR) is 71.5 cm³/mol. The van der Waals surface area contributed by atoms with Crippen molar-refractivity contribution in [2.24, 2.45) is 5.73 Å². The van der Waals surface area contributed by atoms with Gasteiger partial charge in [-0.25, -0.2) is 4.72 Å². The monoisotopic (exact) mass is 270 g/mol. The minimum atomic E-state index is -3.46. The summed E-state index contributed by atoms with van der Waals surface area (Å²) in [5, 5.41) is 7.30. The molecule has 0 spiro atoms. The fourth-order valence-corrected chi connectivity index (χ4v) is 2.25. The lowest BCUT2D eigenvalue weighted by Gasteiger charge is -2.08. The van der Waals surface area contributed by atoms with Gasteiger partial charge in [-0.1, -0.05) is 25.1 Å². The highest BCUT2D eigenvalue weighted by Gasteiger charge is 2.08. The maximum Gasteiger partial charge on any atom is 0.277 e. The number of rotatable bonds is 7. The molecule has 0 unspecified atom stereocenters. The number of nitrogen functional groups attached to an aromatic ring is 1. The zero-order valence-corrected chi connectivity index (χ0v) is 11.0. The molecule has 100 valence electrons. The van der Waals surface area contributed by atoms with E-state index in [1.54, 1.807) is 24.3 Å². The second-order valence-corrected chi connectivity index (χ2v) is 5.42. The molecule has 0 saturated heterocycles. The van der Waals surface area contributed by atoms with Gasteiger partial charge in [0.1, 0.15) is 5.84 Å². The second-order valence-electron chi connectivity index (χ2n) is 3.83. The van der Waals surface area contributed by atoms with E-state index >= 15 is 0 Å². The van der Waals surface area contributed by atoms with Crippen LogP contribution >= 0.6 is 0 Å². The zero-order chi connectivity index (χ0) is 13.6. The maximum absolute atomic E-state index is 11.5. The van der Waals surface area contributed by atoms with Gasteiger partial charge in [-0.05, 0) is 18.1 Å². The van der Waals surface area contributed by atoms with E-state index in [0.717, 1.165) is 12.0 Å². The molecule has 0 fully saturated rings. The summed E-state index contributed by atoms with van der Waals surface area (Å²) in [6, 6.07) is 6.90. The van der Waals surface area contributed by atoms with Gasteiger partial charge in [0.2, 0.25) is 0 Å². The van der Waals surface area contributed by atoms with Gasteiger partial charge in [-0.2, -0.15) is 13.1 Å². The lowest BCUT2D eigenvalue weighted by atomic mass is 10.1. The molecular formula is C11H18N4O2S. The minimum Gasteiger partial charge on any atom is -0.384 e. The third kappa shape index (κ3) is 4.82. The van der Waals surface area contributed by atoms with Crippen LogP contribution in [0.2, 0.25) is 0 Å². The molecule has 7 heteroatoms. The Labute approximate surface area is 107 Å². The van der Waals surface area contributed by atoms with Gasteiger partial charge < -0.3 is 5.73 Å². The zero-order valence-electron chi connectivity index (χ0n) is 10.2. The molecule has 1 rings (SSSR count). The predicted octanol–water partition coefficient (Wildman–Crippen LogP) is 0.305. The minimum absolute atomic E-state index is 0.0381. The fourth-order valence-electron chi connectivity index (χ4n) is 1.31. The Kier molecular flexibility index (Phi) is 5.26. The molecule has 18 heavy (non-hydrogen) atoms. The first-order valence-electron chi connectivity index (χ1n) is 5.62. The van der Waals surface area contributed by atoms with E-state index < -0.39 is 10.2 Å². The number of amidine groups is 1. The molecule has 0 bridgehead atoms. The van der Waals surface area contributed by atoms with Crippen LogP contribution in [0.3, 0.4) is 0 Å². The molecule has 0 atom stereocenters.